The Morgan fingerprint density at radius 1 is 0.425 bits per heavy atom. The third-order valence-corrected chi connectivity index (χ3v) is 17.3. The largest absolute Gasteiger partial charge is 0.472 e. The first-order valence-electron chi connectivity index (χ1n) is 35.4. The Morgan fingerprint density at radius 2 is 0.713 bits per heavy atom. The molecule has 0 aliphatic carbocycles. The maximum atomic E-state index is 13.0. The minimum atomic E-state index is -4.35. The minimum Gasteiger partial charge on any atom is -0.387 e. The molecule has 80 heavy (non-hydrogen) atoms. The number of carbonyl (C=O) groups excluding carboxylic acids is 1. The SMILES string of the molecule is CCCCCCCCCCCCC/C=C\C/C=C\CCCCCCCCCCCCCCCCCCCC(=O)NC(COP(=O)(O)OCC[N+](C)(C)C)C(O)/C=C/CCCCCCCCCCCCCCCCCCCCCCC. The Balaban J connectivity index is 4.01. The lowest BCUT2D eigenvalue weighted by molar-refractivity contribution is -0.870. The van der Waals surface area contributed by atoms with Gasteiger partial charge in [-0.1, -0.05) is 339 Å². The van der Waals surface area contributed by atoms with Gasteiger partial charge in [-0.05, 0) is 51.4 Å². The van der Waals surface area contributed by atoms with Crippen molar-refractivity contribution in [1.82, 2.24) is 5.32 Å². The third kappa shape index (κ3) is 64.3. The van der Waals surface area contributed by atoms with Crippen molar-refractivity contribution in [3.8, 4) is 0 Å². The van der Waals surface area contributed by atoms with Crippen molar-refractivity contribution >= 4 is 13.7 Å². The van der Waals surface area contributed by atoms with Crippen LogP contribution in [-0.2, 0) is 18.4 Å². The summed E-state index contributed by atoms with van der Waals surface area (Å²) in [7, 11) is 1.59. The highest BCUT2D eigenvalue weighted by Crippen LogP contribution is 2.43. The van der Waals surface area contributed by atoms with Crippen LogP contribution >= 0.6 is 7.82 Å². The van der Waals surface area contributed by atoms with E-state index in [1.165, 1.54) is 302 Å². The average molecular weight is 1150 g/mol. The monoisotopic (exact) mass is 1150 g/mol. The fraction of sp³-hybridized carbons (Fsp3) is 0.901. The molecular weight excluding hydrogens is 1010 g/mol. The summed E-state index contributed by atoms with van der Waals surface area (Å²) in [5, 5.41) is 14.0. The number of hydrogen-bond acceptors (Lipinski definition) is 5. The number of amides is 1. The van der Waals surface area contributed by atoms with Crippen LogP contribution in [-0.4, -0.2) is 73.4 Å². The van der Waals surface area contributed by atoms with Gasteiger partial charge in [0.1, 0.15) is 13.2 Å². The molecule has 0 spiro atoms. The number of carbonyl (C=O) groups is 1. The number of phosphoric acid groups is 1. The van der Waals surface area contributed by atoms with Crippen LogP contribution in [0, 0.1) is 0 Å². The molecule has 474 valence electrons. The molecule has 0 heterocycles. The van der Waals surface area contributed by atoms with Crippen LogP contribution in [0.5, 0.6) is 0 Å². The van der Waals surface area contributed by atoms with Crippen molar-refractivity contribution in [3.05, 3.63) is 36.5 Å². The summed E-state index contributed by atoms with van der Waals surface area (Å²) in [6.07, 6.45) is 82.9. The Labute approximate surface area is 499 Å². The van der Waals surface area contributed by atoms with E-state index in [0.717, 1.165) is 38.5 Å². The summed E-state index contributed by atoms with van der Waals surface area (Å²) < 4.78 is 23.8. The van der Waals surface area contributed by atoms with E-state index in [9.17, 15) is 19.4 Å². The van der Waals surface area contributed by atoms with Crippen molar-refractivity contribution in [2.75, 3.05) is 40.9 Å². The number of aliphatic hydroxyl groups is 1. The van der Waals surface area contributed by atoms with Gasteiger partial charge in [-0.3, -0.25) is 13.8 Å². The molecule has 9 heteroatoms. The first kappa shape index (κ1) is 78.7. The maximum absolute atomic E-state index is 13.0. The third-order valence-electron chi connectivity index (χ3n) is 16.4. The zero-order chi connectivity index (χ0) is 58.4. The molecule has 3 N–H and O–H groups in total. The molecule has 0 rings (SSSR count). The second-order valence-corrected chi connectivity index (χ2v) is 27.1. The van der Waals surface area contributed by atoms with Gasteiger partial charge in [0, 0.05) is 6.42 Å². The molecule has 8 nitrogen and oxygen atoms in total. The second kappa shape index (κ2) is 62.3. The van der Waals surface area contributed by atoms with Gasteiger partial charge >= 0.3 is 7.82 Å². The Bertz CT molecular complexity index is 1400. The lowest BCUT2D eigenvalue weighted by Crippen LogP contribution is -2.45. The van der Waals surface area contributed by atoms with Gasteiger partial charge in [-0.2, -0.15) is 0 Å². The molecular formula is C71H140N2O6P+. The molecule has 3 atom stereocenters. The van der Waals surface area contributed by atoms with E-state index in [2.05, 4.69) is 43.5 Å². The lowest BCUT2D eigenvalue weighted by atomic mass is 10.0. The summed E-state index contributed by atoms with van der Waals surface area (Å²) in [5.41, 5.74) is 0. The number of likely N-dealkylation sites (N-methyl/N-ethyl adjacent to an activating group) is 1. The number of unbranched alkanes of at least 4 members (excludes halogenated alkanes) is 49. The summed E-state index contributed by atoms with van der Waals surface area (Å²) in [6.45, 7) is 4.87. The van der Waals surface area contributed by atoms with Gasteiger partial charge < -0.3 is 19.8 Å². The summed E-state index contributed by atoms with van der Waals surface area (Å²) >= 11 is 0. The molecule has 0 aliphatic rings. The van der Waals surface area contributed by atoms with Crippen LogP contribution in [0.3, 0.4) is 0 Å². The fourth-order valence-corrected chi connectivity index (χ4v) is 11.6. The van der Waals surface area contributed by atoms with Gasteiger partial charge in [-0.15, -0.1) is 0 Å². The number of nitrogens with one attached hydrogen (secondary N) is 1. The van der Waals surface area contributed by atoms with E-state index >= 15 is 0 Å². The zero-order valence-electron chi connectivity index (χ0n) is 54.3. The van der Waals surface area contributed by atoms with E-state index in [1.54, 1.807) is 6.08 Å². The molecule has 0 saturated carbocycles. The van der Waals surface area contributed by atoms with E-state index in [4.69, 9.17) is 9.05 Å². The number of aliphatic hydroxyl groups excluding tert-OH is 1. The number of allylic oxidation sites excluding steroid dienone is 5. The van der Waals surface area contributed by atoms with Gasteiger partial charge in [0.15, 0.2) is 0 Å². The minimum absolute atomic E-state index is 0.0633. The van der Waals surface area contributed by atoms with E-state index in [0.29, 0.717) is 17.4 Å². The highest BCUT2D eigenvalue weighted by molar-refractivity contribution is 7.47. The summed E-state index contributed by atoms with van der Waals surface area (Å²) in [5.74, 6) is -0.170. The number of rotatable bonds is 66. The molecule has 0 aromatic heterocycles. The highest BCUT2D eigenvalue weighted by atomic mass is 31.2. The van der Waals surface area contributed by atoms with Crippen LogP contribution in [0.1, 0.15) is 361 Å². The molecule has 3 unspecified atom stereocenters. The number of phosphoric ester groups is 1. The predicted octanol–water partition coefficient (Wildman–Crippen LogP) is 22.4. The molecule has 0 aromatic rings. The van der Waals surface area contributed by atoms with E-state index in [-0.39, 0.29) is 19.1 Å². The second-order valence-electron chi connectivity index (χ2n) is 25.6. The van der Waals surface area contributed by atoms with Crippen LogP contribution in [0.15, 0.2) is 36.5 Å². The molecule has 0 aromatic carbocycles. The Kier molecular flexibility index (Phi) is 61.3. The summed E-state index contributed by atoms with van der Waals surface area (Å²) in [6, 6.07) is -0.847. The zero-order valence-corrected chi connectivity index (χ0v) is 55.2. The maximum Gasteiger partial charge on any atom is 0.472 e. The van der Waals surface area contributed by atoms with Crippen molar-refractivity contribution in [3.63, 3.8) is 0 Å². The first-order valence-corrected chi connectivity index (χ1v) is 36.9. The van der Waals surface area contributed by atoms with Crippen molar-refractivity contribution in [2.24, 2.45) is 0 Å². The molecule has 0 radical (unpaired) electrons. The molecule has 1 amide bonds. The number of quaternary nitrogens is 1. The molecule has 0 fully saturated rings. The van der Waals surface area contributed by atoms with Crippen LogP contribution in [0.4, 0.5) is 0 Å². The number of hydrogen-bond donors (Lipinski definition) is 3. The topological polar surface area (TPSA) is 105 Å². The van der Waals surface area contributed by atoms with Gasteiger partial charge in [0.25, 0.3) is 0 Å². The lowest BCUT2D eigenvalue weighted by Gasteiger charge is -2.25. The van der Waals surface area contributed by atoms with Gasteiger partial charge in [0.2, 0.25) is 5.91 Å². The highest BCUT2D eigenvalue weighted by Gasteiger charge is 2.28. The van der Waals surface area contributed by atoms with Gasteiger partial charge in [0.05, 0.1) is 39.9 Å². The quantitative estimate of drug-likeness (QED) is 0.0243. The standard InChI is InChI=1S/C71H139N2O6P/c1-6-8-10-12-14-16-18-20-22-24-26-28-30-31-32-33-34-35-36-37-38-39-40-41-43-45-47-49-51-53-55-57-59-61-63-65-71(75)72-69(68-79-80(76,77)78-67-66-73(3,4)5)70(74)64-62-60-58-56-54-52-50-48-46-44-42-29-27-25-23-21-19-17-15-13-11-9-7-2/h30-31,33-34,62,64,69-70,74H,6-29,32,35-61,63,65-68H2,1-5H3,(H-,72,75,76,77)/p+1/b31-30-,34-33-,64-62+. The van der Waals surface area contributed by atoms with Gasteiger partial charge in [-0.25, -0.2) is 4.57 Å². The van der Waals surface area contributed by atoms with Crippen molar-refractivity contribution in [1.29, 1.82) is 0 Å². The Morgan fingerprint density at radius 3 is 1.02 bits per heavy atom. The Hall–Kier alpha value is -1.28. The molecule has 0 bridgehead atoms. The normalized spacial score (nSPS) is 13.8. The van der Waals surface area contributed by atoms with Crippen molar-refractivity contribution in [2.45, 2.75) is 373 Å². The fourth-order valence-electron chi connectivity index (χ4n) is 10.8. The van der Waals surface area contributed by atoms with Crippen LogP contribution < -0.4 is 5.32 Å². The van der Waals surface area contributed by atoms with E-state index in [1.807, 2.05) is 27.2 Å². The smallest absolute Gasteiger partial charge is 0.387 e. The predicted molar refractivity (Wildman–Crippen MR) is 351 cm³/mol. The van der Waals surface area contributed by atoms with Crippen molar-refractivity contribution < 1.29 is 32.9 Å². The van der Waals surface area contributed by atoms with Crippen LogP contribution in [0.2, 0.25) is 0 Å². The summed E-state index contributed by atoms with van der Waals surface area (Å²) in [4.78, 5) is 23.4. The average Bonchev–Trinajstić information content (AvgIpc) is 3.42. The van der Waals surface area contributed by atoms with Crippen LogP contribution in [0.25, 0.3) is 0 Å². The first-order chi connectivity index (χ1) is 39.0. The molecule has 0 saturated heterocycles. The molecule has 0 aliphatic heterocycles. The van der Waals surface area contributed by atoms with E-state index < -0.39 is 20.0 Å². The number of nitrogens with zero attached hydrogens (tertiary/aromatic N) is 1.